The first-order chi connectivity index (χ1) is 13.5. The van der Waals surface area contributed by atoms with Crippen LogP contribution in [0, 0.1) is 0 Å². The lowest BCUT2D eigenvalue weighted by Crippen LogP contribution is -2.42. The van der Waals surface area contributed by atoms with Crippen LogP contribution in [0.4, 0.5) is 5.00 Å². The average Bonchev–Trinajstić information content (AvgIpc) is 3.14. The fraction of sp³-hybridized carbons (Fsp3) is 0.278. The van der Waals surface area contributed by atoms with E-state index in [0.29, 0.717) is 31.3 Å². The molecular weight excluding hydrogens is 408 g/mol. The van der Waals surface area contributed by atoms with Gasteiger partial charge in [-0.3, -0.25) is 9.59 Å². The van der Waals surface area contributed by atoms with Crippen molar-refractivity contribution in [3.8, 4) is 5.75 Å². The summed E-state index contributed by atoms with van der Waals surface area (Å²) in [5, 5.41) is 14.6. The van der Waals surface area contributed by atoms with Gasteiger partial charge in [0.1, 0.15) is 10.8 Å². The van der Waals surface area contributed by atoms with Crippen LogP contribution < -0.4 is 5.32 Å². The summed E-state index contributed by atoms with van der Waals surface area (Å²) < 4.78 is 10.3. The quantitative estimate of drug-likeness (QED) is 0.714. The predicted octanol–water partition coefficient (Wildman–Crippen LogP) is 2.38. The third-order valence-corrected chi connectivity index (χ3v) is 5.07. The van der Waals surface area contributed by atoms with E-state index in [1.165, 1.54) is 24.3 Å². The predicted molar refractivity (Wildman–Crippen MR) is 103 cm³/mol. The van der Waals surface area contributed by atoms with Gasteiger partial charge in [0.2, 0.25) is 0 Å². The first kappa shape index (κ1) is 20.1. The number of rotatable bonds is 5. The molecule has 0 atom stereocenters. The van der Waals surface area contributed by atoms with Crippen molar-refractivity contribution in [1.29, 1.82) is 0 Å². The zero-order valence-corrected chi connectivity index (χ0v) is 16.2. The largest absolute Gasteiger partial charge is 0.507 e. The molecule has 0 unspecified atom stereocenters. The van der Waals surface area contributed by atoms with Crippen LogP contribution in [0.2, 0.25) is 5.02 Å². The number of phenols is 1. The van der Waals surface area contributed by atoms with E-state index in [2.05, 4.69) is 5.32 Å². The van der Waals surface area contributed by atoms with E-state index in [9.17, 15) is 19.5 Å². The van der Waals surface area contributed by atoms with E-state index in [1.807, 2.05) is 0 Å². The second-order valence-corrected chi connectivity index (χ2v) is 7.20. The van der Waals surface area contributed by atoms with Crippen LogP contribution >= 0.6 is 22.9 Å². The molecule has 2 heterocycles. The maximum Gasteiger partial charge on any atom is 0.341 e. The van der Waals surface area contributed by atoms with Crippen LogP contribution in [0.15, 0.2) is 29.6 Å². The van der Waals surface area contributed by atoms with E-state index in [0.717, 1.165) is 11.3 Å². The Hall–Kier alpha value is -2.62. The van der Waals surface area contributed by atoms with Crippen LogP contribution in [0.3, 0.4) is 0 Å². The molecule has 0 saturated carbocycles. The number of amides is 2. The number of nitrogens with one attached hydrogen (secondary N) is 1. The molecule has 2 aromatic rings. The summed E-state index contributed by atoms with van der Waals surface area (Å²) in [4.78, 5) is 38.3. The van der Waals surface area contributed by atoms with E-state index in [1.54, 1.807) is 10.3 Å². The number of benzene rings is 1. The molecule has 28 heavy (non-hydrogen) atoms. The number of carbonyl (C=O) groups is 3. The van der Waals surface area contributed by atoms with Crippen LogP contribution in [-0.4, -0.2) is 60.7 Å². The number of thiophene rings is 1. The summed E-state index contributed by atoms with van der Waals surface area (Å²) in [7, 11) is 0. The van der Waals surface area contributed by atoms with Crippen molar-refractivity contribution in [2.24, 2.45) is 0 Å². The molecule has 0 spiro atoms. The van der Waals surface area contributed by atoms with Gasteiger partial charge < -0.3 is 24.8 Å². The van der Waals surface area contributed by atoms with Crippen molar-refractivity contribution in [2.75, 3.05) is 38.2 Å². The summed E-state index contributed by atoms with van der Waals surface area (Å²) >= 11 is 6.88. The molecule has 8 nitrogen and oxygen atoms in total. The van der Waals surface area contributed by atoms with Crippen LogP contribution in [0.5, 0.6) is 5.75 Å². The summed E-state index contributed by atoms with van der Waals surface area (Å²) in [6.45, 7) is 1.44. The highest BCUT2D eigenvalue weighted by atomic mass is 35.5. The Balaban J connectivity index is 1.61. The fourth-order valence-corrected chi connectivity index (χ4v) is 3.48. The average molecular weight is 425 g/mol. The minimum atomic E-state index is -0.724. The zero-order valence-electron chi connectivity index (χ0n) is 14.6. The third-order valence-electron chi connectivity index (χ3n) is 4.01. The molecule has 1 aliphatic heterocycles. The van der Waals surface area contributed by atoms with Gasteiger partial charge in [-0.15, -0.1) is 11.3 Å². The molecule has 148 valence electrons. The smallest absolute Gasteiger partial charge is 0.341 e. The number of halogens is 1. The number of nitrogens with zero attached hydrogens (tertiary/aromatic N) is 1. The molecule has 2 N–H and O–H groups in total. The SMILES string of the molecule is O=C(Nc1sccc1C(=O)OCC(=O)N1CCOCC1)c1ccc(Cl)cc1O. The lowest BCUT2D eigenvalue weighted by atomic mass is 10.2. The molecule has 1 aromatic carbocycles. The van der Waals surface area contributed by atoms with Crippen molar-refractivity contribution >= 4 is 45.7 Å². The maximum absolute atomic E-state index is 12.4. The monoisotopic (exact) mass is 424 g/mol. The Morgan fingerprint density at radius 3 is 2.68 bits per heavy atom. The Labute approximate surface area is 169 Å². The lowest BCUT2D eigenvalue weighted by Gasteiger charge is -2.26. The van der Waals surface area contributed by atoms with Crippen molar-refractivity contribution < 1.29 is 29.0 Å². The van der Waals surface area contributed by atoms with Gasteiger partial charge in [0.05, 0.1) is 24.3 Å². The molecule has 10 heteroatoms. The molecule has 0 radical (unpaired) electrons. The van der Waals surface area contributed by atoms with Crippen molar-refractivity contribution in [3.05, 3.63) is 45.8 Å². The number of anilines is 1. The first-order valence-corrected chi connectivity index (χ1v) is 9.61. The summed E-state index contributed by atoms with van der Waals surface area (Å²) in [6.07, 6.45) is 0. The van der Waals surface area contributed by atoms with Gasteiger partial charge in [0, 0.05) is 18.1 Å². The second kappa shape index (κ2) is 9.05. The number of carbonyl (C=O) groups excluding carboxylic acids is 3. The molecule has 1 fully saturated rings. The molecule has 1 aromatic heterocycles. The molecule has 3 rings (SSSR count). The Bertz CT molecular complexity index is 894. The fourth-order valence-electron chi connectivity index (χ4n) is 2.54. The zero-order chi connectivity index (χ0) is 20.1. The van der Waals surface area contributed by atoms with Gasteiger partial charge in [0.25, 0.3) is 11.8 Å². The maximum atomic E-state index is 12.4. The van der Waals surface area contributed by atoms with E-state index >= 15 is 0 Å². The van der Waals surface area contributed by atoms with E-state index in [-0.39, 0.29) is 34.4 Å². The number of esters is 1. The van der Waals surface area contributed by atoms with Crippen LogP contribution in [0.25, 0.3) is 0 Å². The minimum absolute atomic E-state index is 0.0135. The summed E-state index contributed by atoms with van der Waals surface area (Å²) in [5.41, 5.74) is 0.140. The van der Waals surface area contributed by atoms with Gasteiger partial charge in [0.15, 0.2) is 6.61 Å². The standard InChI is InChI=1S/C18H17ClN2O6S/c19-11-1-2-12(14(22)9-11)16(24)20-17-13(3-8-28-17)18(25)27-10-15(23)21-4-6-26-7-5-21/h1-3,8-9,22H,4-7,10H2,(H,20,24). The highest BCUT2D eigenvalue weighted by molar-refractivity contribution is 7.14. The van der Waals surface area contributed by atoms with E-state index in [4.69, 9.17) is 21.1 Å². The second-order valence-electron chi connectivity index (χ2n) is 5.85. The molecule has 0 bridgehead atoms. The number of morpholine rings is 1. The Morgan fingerprint density at radius 2 is 1.96 bits per heavy atom. The Kier molecular flexibility index (Phi) is 6.50. The van der Waals surface area contributed by atoms with Crippen LogP contribution in [0.1, 0.15) is 20.7 Å². The Morgan fingerprint density at radius 1 is 1.21 bits per heavy atom. The summed E-state index contributed by atoms with van der Waals surface area (Å²) in [6, 6.07) is 5.58. The van der Waals surface area contributed by atoms with Gasteiger partial charge in [-0.2, -0.15) is 0 Å². The van der Waals surface area contributed by atoms with Gasteiger partial charge >= 0.3 is 5.97 Å². The van der Waals surface area contributed by atoms with Crippen LogP contribution in [-0.2, 0) is 14.3 Å². The third kappa shape index (κ3) is 4.80. The molecule has 0 aliphatic carbocycles. The van der Waals surface area contributed by atoms with Gasteiger partial charge in [-0.05, 0) is 29.6 Å². The van der Waals surface area contributed by atoms with Crippen molar-refractivity contribution in [3.63, 3.8) is 0 Å². The number of ether oxygens (including phenoxy) is 2. The van der Waals surface area contributed by atoms with Gasteiger partial charge in [-0.1, -0.05) is 11.6 Å². The number of phenolic OH excluding ortho intramolecular Hbond substituents is 1. The lowest BCUT2D eigenvalue weighted by molar-refractivity contribution is -0.138. The normalized spacial score (nSPS) is 13.8. The number of hydrogen-bond donors (Lipinski definition) is 2. The number of aromatic hydroxyl groups is 1. The first-order valence-electron chi connectivity index (χ1n) is 8.35. The number of hydrogen-bond acceptors (Lipinski definition) is 7. The molecule has 2 amide bonds. The van der Waals surface area contributed by atoms with Gasteiger partial charge in [-0.25, -0.2) is 4.79 Å². The molecule has 1 aliphatic rings. The highest BCUT2D eigenvalue weighted by Gasteiger charge is 2.22. The van der Waals surface area contributed by atoms with Crippen molar-refractivity contribution in [2.45, 2.75) is 0 Å². The minimum Gasteiger partial charge on any atom is -0.507 e. The summed E-state index contributed by atoms with van der Waals surface area (Å²) in [5.74, 6) is -1.90. The molecular formula is C18H17ClN2O6S. The van der Waals surface area contributed by atoms with E-state index < -0.39 is 11.9 Å². The highest BCUT2D eigenvalue weighted by Crippen LogP contribution is 2.27. The topological polar surface area (TPSA) is 105 Å². The molecule has 1 saturated heterocycles. The van der Waals surface area contributed by atoms with Crippen molar-refractivity contribution in [1.82, 2.24) is 4.90 Å².